The van der Waals surface area contributed by atoms with Crippen LogP contribution < -0.4 is 10.6 Å². The van der Waals surface area contributed by atoms with E-state index in [0.29, 0.717) is 11.3 Å². The van der Waals surface area contributed by atoms with E-state index in [-0.39, 0.29) is 11.6 Å². The van der Waals surface area contributed by atoms with Gasteiger partial charge in [0.05, 0.1) is 5.56 Å². The third kappa shape index (κ3) is 3.45. The van der Waals surface area contributed by atoms with Crippen LogP contribution in [0.15, 0.2) is 37.0 Å². The van der Waals surface area contributed by atoms with Gasteiger partial charge in [0.2, 0.25) is 5.78 Å². The highest BCUT2D eigenvalue weighted by atomic mass is 16.1. The van der Waals surface area contributed by atoms with Gasteiger partial charge in [-0.1, -0.05) is 31.6 Å². The maximum absolute atomic E-state index is 12.8. The number of anilines is 2. The second kappa shape index (κ2) is 7.25. The molecule has 0 saturated carbocycles. The van der Waals surface area contributed by atoms with Gasteiger partial charge in [0, 0.05) is 19.3 Å². The van der Waals surface area contributed by atoms with Crippen molar-refractivity contribution in [2.24, 2.45) is 0 Å². The van der Waals surface area contributed by atoms with Gasteiger partial charge < -0.3 is 10.6 Å². The number of carbonyl (C=O) groups excluding carboxylic acids is 1. The summed E-state index contributed by atoms with van der Waals surface area (Å²) in [6.45, 7) is 5.68. The number of nitrogens with two attached hydrogens (primary N) is 1. The fourth-order valence-corrected chi connectivity index (χ4v) is 2.95. The van der Waals surface area contributed by atoms with Crippen molar-refractivity contribution in [2.75, 3.05) is 23.7 Å². The fourth-order valence-electron chi connectivity index (χ4n) is 2.95. The molecule has 1 fully saturated rings. The van der Waals surface area contributed by atoms with Gasteiger partial charge in [-0.2, -0.15) is 0 Å². The molecule has 124 valence electrons. The molecule has 0 aromatic carbocycles. The molecule has 0 bridgehead atoms. The van der Waals surface area contributed by atoms with Crippen molar-refractivity contribution >= 4 is 23.5 Å². The van der Waals surface area contributed by atoms with Crippen molar-refractivity contribution in [3.8, 4) is 0 Å². The third-order valence-corrected chi connectivity index (χ3v) is 4.32. The van der Waals surface area contributed by atoms with Gasteiger partial charge in [-0.15, -0.1) is 0 Å². The first-order chi connectivity index (χ1) is 11.7. The number of rotatable bonds is 4. The SMILES string of the molecule is C=Cc1cnc(N)c(C(=O)c2cccc(N3CCCCCC3)n2)c1. The summed E-state index contributed by atoms with van der Waals surface area (Å²) in [6, 6.07) is 7.27. The summed E-state index contributed by atoms with van der Waals surface area (Å²) in [4.78, 5) is 23.7. The van der Waals surface area contributed by atoms with E-state index in [1.807, 2.05) is 12.1 Å². The Morgan fingerprint density at radius 2 is 1.96 bits per heavy atom. The summed E-state index contributed by atoms with van der Waals surface area (Å²) in [6.07, 6.45) is 8.08. The Kier molecular flexibility index (Phi) is 4.89. The quantitative estimate of drug-likeness (QED) is 0.874. The molecular weight excluding hydrogens is 300 g/mol. The van der Waals surface area contributed by atoms with Gasteiger partial charge in [0.15, 0.2) is 0 Å². The minimum absolute atomic E-state index is 0.208. The predicted octanol–water partition coefficient (Wildman–Crippen LogP) is 3.31. The Morgan fingerprint density at radius 3 is 2.67 bits per heavy atom. The number of nitrogen functional groups attached to an aromatic ring is 1. The van der Waals surface area contributed by atoms with Crippen LogP contribution in [-0.4, -0.2) is 28.8 Å². The lowest BCUT2D eigenvalue weighted by molar-refractivity contribution is 0.103. The molecule has 5 nitrogen and oxygen atoms in total. The van der Waals surface area contributed by atoms with Crippen molar-refractivity contribution in [1.29, 1.82) is 0 Å². The highest BCUT2D eigenvalue weighted by Gasteiger charge is 2.17. The van der Waals surface area contributed by atoms with Gasteiger partial charge >= 0.3 is 0 Å². The molecule has 0 aliphatic carbocycles. The van der Waals surface area contributed by atoms with E-state index in [4.69, 9.17) is 5.73 Å². The van der Waals surface area contributed by atoms with Crippen LogP contribution in [0.2, 0.25) is 0 Å². The van der Waals surface area contributed by atoms with Crippen LogP contribution in [0.3, 0.4) is 0 Å². The van der Waals surface area contributed by atoms with Gasteiger partial charge in [0.1, 0.15) is 17.3 Å². The Hall–Kier alpha value is -2.69. The van der Waals surface area contributed by atoms with Crippen LogP contribution in [-0.2, 0) is 0 Å². The van der Waals surface area contributed by atoms with E-state index in [2.05, 4.69) is 21.4 Å². The van der Waals surface area contributed by atoms with Gasteiger partial charge in [0.25, 0.3) is 0 Å². The normalized spacial score (nSPS) is 14.9. The van der Waals surface area contributed by atoms with Gasteiger partial charge in [-0.25, -0.2) is 9.97 Å². The Bertz CT molecular complexity index is 749. The molecule has 1 aliphatic heterocycles. The minimum Gasteiger partial charge on any atom is -0.383 e. The van der Waals surface area contributed by atoms with Crippen LogP contribution in [0.5, 0.6) is 0 Å². The van der Waals surface area contributed by atoms with Crippen LogP contribution in [0.1, 0.15) is 47.3 Å². The zero-order chi connectivity index (χ0) is 16.9. The van der Waals surface area contributed by atoms with Crippen LogP contribution >= 0.6 is 0 Å². The zero-order valence-electron chi connectivity index (χ0n) is 13.7. The lowest BCUT2D eigenvalue weighted by Crippen LogP contribution is -2.25. The molecule has 3 rings (SSSR count). The van der Waals surface area contributed by atoms with E-state index >= 15 is 0 Å². The first kappa shape index (κ1) is 16.2. The maximum atomic E-state index is 12.8. The largest absolute Gasteiger partial charge is 0.383 e. The smallest absolute Gasteiger partial charge is 0.215 e. The molecule has 0 spiro atoms. The van der Waals surface area contributed by atoms with E-state index in [1.165, 1.54) is 12.8 Å². The predicted molar refractivity (Wildman–Crippen MR) is 97.1 cm³/mol. The number of pyridine rings is 2. The molecule has 3 heterocycles. The number of hydrogen-bond donors (Lipinski definition) is 1. The van der Waals surface area contributed by atoms with Crippen molar-refractivity contribution in [3.63, 3.8) is 0 Å². The summed E-state index contributed by atoms with van der Waals surface area (Å²) < 4.78 is 0. The van der Waals surface area contributed by atoms with Crippen LogP contribution in [0, 0.1) is 0 Å². The monoisotopic (exact) mass is 322 g/mol. The summed E-state index contributed by atoms with van der Waals surface area (Å²) in [7, 11) is 0. The zero-order valence-corrected chi connectivity index (χ0v) is 13.7. The average Bonchev–Trinajstić information content (AvgIpc) is 2.91. The Labute approximate surface area is 142 Å². The number of ketones is 1. The minimum atomic E-state index is -0.208. The molecule has 2 aromatic rings. The van der Waals surface area contributed by atoms with Crippen LogP contribution in [0.4, 0.5) is 11.6 Å². The first-order valence-electron chi connectivity index (χ1n) is 8.33. The van der Waals surface area contributed by atoms with E-state index < -0.39 is 0 Å². The molecule has 5 heteroatoms. The highest BCUT2D eigenvalue weighted by molar-refractivity contribution is 6.10. The number of nitrogens with zero attached hydrogens (tertiary/aromatic N) is 3. The highest BCUT2D eigenvalue weighted by Crippen LogP contribution is 2.20. The lowest BCUT2D eigenvalue weighted by atomic mass is 10.1. The van der Waals surface area contributed by atoms with Crippen LogP contribution in [0.25, 0.3) is 6.08 Å². The molecule has 1 aliphatic rings. The number of carbonyl (C=O) groups is 1. The summed E-state index contributed by atoms with van der Waals surface area (Å²) >= 11 is 0. The lowest BCUT2D eigenvalue weighted by Gasteiger charge is -2.21. The van der Waals surface area contributed by atoms with Gasteiger partial charge in [-0.3, -0.25) is 4.79 Å². The second-order valence-corrected chi connectivity index (χ2v) is 6.02. The topological polar surface area (TPSA) is 72.1 Å². The van der Waals surface area contributed by atoms with Crippen molar-refractivity contribution in [1.82, 2.24) is 9.97 Å². The Balaban J connectivity index is 1.90. The Morgan fingerprint density at radius 1 is 1.21 bits per heavy atom. The molecule has 2 N–H and O–H groups in total. The average molecular weight is 322 g/mol. The number of aromatic nitrogens is 2. The molecule has 2 aromatic heterocycles. The van der Waals surface area contributed by atoms with E-state index in [1.54, 1.807) is 24.4 Å². The molecule has 0 atom stereocenters. The maximum Gasteiger partial charge on any atom is 0.215 e. The fraction of sp³-hybridized carbons (Fsp3) is 0.316. The summed E-state index contributed by atoms with van der Waals surface area (Å²) in [5, 5.41) is 0. The van der Waals surface area contributed by atoms with Crippen molar-refractivity contribution in [3.05, 3.63) is 53.9 Å². The molecule has 24 heavy (non-hydrogen) atoms. The van der Waals surface area contributed by atoms with Gasteiger partial charge in [-0.05, 0) is 36.6 Å². The summed E-state index contributed by atoms with van der Waals surface area (Å²) in [5.74, 6) is 0.863. The third-order valence-electron chi connectivity index (χ3n) is 4.32. The molecular formula is C19H22N4O. The first-order valence-corrected chi connectivity index (χ1v) is 8.33. The standard InChI is InChI=1S/C19H22N4O/c1-2-14-12-15(19(20)21-13-14)18(24)16-8-7-9-17(22-16)23-10-5-3-4-6-11-23/h2,7-9,12-13H,1,3-6,10-11H2,(H2,20,21). The van der Waals surface area contributed by atoms with E-state index in [0.717, 1.165) is 37.3 Å². The van der Waals surface area contributed by atoms with E-state index in [9.17, 15) is 4.79 Å². The molecule has 0 amide bonds. The number of hydrogen-bond acceptors (Lipinski definition) is 5. The molecule has 0 radical (unpaired) electrons. The van der Waals surface area contributed by atoms with Crippen molar-refractivity contribution in [2.45, 2.75) is 25.7 Å². The molecule has 1 saturated heterocycles. The van der Waals surface area contributed by atoms with Crippen molar-refractivity contribution < 1.29 is 4.79 Å². The second-order valence-electron chi connectivity index (χ2n) is 6.02. The molecule has 0 unspecified atom stereocenters. The summed E-state index contributed by atoms with van der Waals surface area (Å²) in [5.41, 5.74) is 7.40.